The van der Waals surface area contributed by atoms with Gasteiger partial charge in [0, 0.05) is 43.1 Å². The lowest BCUT2D eigenvalue weighted by Gasteiger charge is -2.37. The molecule has 2 aromatic carbocycles. The summed E-state index contributed by atoms with van der Waals surface area (Å²) < 4.78 is 25.5. The predicted molar refractivity (Wildman–Crippen MR) is 125 cm³/mol. The average molecular weight is 470 g/mol. The van der Waals surface area contributed by atoms with Gasteiger partial charge >= 0.3 is 0 Å². The van der Waals surface area contributed by atoms with E-state index in [0.717, 1.165) is 13.1 Å². The summed E-state index contributed by atoms with van der Waals surface area (Å²) in [7, 11) is -3.77. The summed E-state index contributed by atoms with van der Waals surface area (Å²) in [6.45, 7) is 6.84. The van der Waals surface area contributed by atoms with E-state index in [1.807, 2.05) is 0 Å². The van der Waals surface area contributed by atoms with E-state index in [1.54, 1.807) is 4.90 Å². The number of pyridine rings is 1. The Morgan fingerprint density at radius 2 is 1.62 bits per heavy atom. The largest absolute Gasteiger partial charge is 0.368 e. The number of hydrogen-bond donors (Lipinski definition) is 0. The van der Waals surface area contributed by atoms with Crippen molar-refractivity contribution in [1.29, 1.82) is 0 Å². The lowest BCUT2D eigenvalue weighted by Crippen LogP contribution is -2.49. The maximum absolute atomic E-state index is 12.9. The number of sulfone groups is 1. The second-order valence-electron chi connectivity index (χ2n) is 7.91. The van der Waals surface area contributed by atoms with Crippen molar-refractivity contribution < 1.29 is 13.2 Å². The van der Waals surface area contributed by atoms with Crippen LogP contribution in [0.15, 0.2) is 70.7 Å². The van der Waals surface area contributed by atoms with Crippen LogP contribution in [0.5, 0.6) is 0 Å². The number of halogens is 1. The summed E-state index contributed by atoms with van der Waals surface area (Å²) in [6, 6.07) is 15.2. The maximum Gasteiger partial charge on any atom is 0.255 e. The van der Waals surface area contributed by atoms with Crippen LogP contribution in [0.2, 0.25) is 5.02 Å². The van der Waals surface area contributed by atoms with E-state index in [9.17, 15) is 13.2 Å². The minimum absolute atomic E-state index is 0.101. The maximum atomic E-state index is 12.9. The van der Waals surface area contributed by atoms with Gasteiger partial charge in [-0.05, 0) is 67.4 Å². The summed E-state index contributed by atoms with van der Waals surface area (Å²) in [5, 5.41) is 0.353. The minimum Gasteiger partial charge on any atom is -0.368 e. The molecule has 0 atom stereocenters. The number of carbonyl (C=O) groups is 1. The van der Waals surface area contributed by atoms with Crippen molar-refractivity contribution in [1.82, 2.24) is 9.88 Å². The molecule has 0 aliphatic carbocycles. The number of piperazine rings is 1. The Morgan fingerprint density at radius 1 is 0.938 bits per heavy atom. The third-order valence-electron chi connectivity index (χ3n) is 5.65. The zero-order chi connectivity index (χ0) is 22.9. The van der Waals surface area contributed by atoms with Crippen molar-refractivity contribution in [2.24, 2.45) is 0 Å². The van der Waals surface area contributed by atoms with Crippen LogP contribution < -0.4 is 4.90 Å². The van der Waals surface area contributed by atoms with Gasteiger partial charge in [-0.1, -0.05) is 23.7 Å². The van der Waals surface area contributed by atoms with E-state index in [0.29, 0.717) is 23.7 Å². The Bertz CT molecular complexity index is 1230. The molecule has 1 amide bonds. The van der Waals surface area contributed by atoms with Gasteiger partial charge in [-0.3, -0.25) is 4.79 Å². The van der Waals surface area contributed by atoms with Crippen molar-refractivity contribution in [3.05, 3.63) is 82.5 Å². The van der Waals surface area contributed by atoms with E-state index in [1.165, 1.54) is 59.4 Å². The SMILES string of the molecule is Cc1ccc(C)c(N2CCN(C(=O)c3ccc(S(=O)(=O)c4ccc(Cl)cc4)nc3)CC2)c1. The molecule has 0 radical (unpaired) electrons. The number of rotatable bonds is 4. The highest BCUT2D eigenvalue weighted by atomic mass is 35.5. The highest BCUT2D eigenvalue weighted by Crippen LogP contribution is 2.24. The first-order valence-electron chi connectivity index (χ1n) is 10.3. The Hall–Kier alpha value is -2.90. The number of anilines is 1. The molecule has 1 aliphatic rings. The fourth-order valence-electron chi connectivity index (χ4n) is 3.79. The molecule has 0 N–H and O–H groups in total. The van der Waals surface area contributed by atoms with Gasteiger partial charge in [0.05, 0.1) is 10.5 Å². The van der Waals surface area contributed by atoms with Crippen LogP contribution in [0.1, 0.15) is 21.5 Å². The fraction of sp³-hybridized carbons (Fsp3) is 0.250. The number of amides is 1. The molecule has 3 aromatic rings. The average Bonchev–Trinajstić information content (AvgIpc) is 2.81. The number of benzene rings is 2. The second-order valence-corrected chi connectivity index (χ2v) is 10.2. The van der Waals surface area contributed by atoms with Gasteiger partial charge in [0.15, 0.2) is 5.03 Å². The van der Waals surface area contributed by atoms with Crippen LogP contribution in [0.3, 0.4) is 0 Å². The molecule has 6 nitrogen and oxygen atoms in total. The lowest BCUT2D eigenvalue weighted by molar-refractivity contribution is 0.0746. The molecule has 1 aromatic heterocycles. The van der Waals surface area contributed by atoms with Gasteiger partial charge in [0.2, 0.25) is 9.84 Å². The summed E-state index contributed by atoms with van der Waals surface area (Å²) >= 11 is 5.84. The zero-order valence-corrected chi connectivity index (χ0v) is 19.5. The first-order valence-corrected chi connectivity index (χ1v) is 12.2. The molecule has 1 fully saturated rings. The Balaban J connectivity index is 1.44. The third-order valence-corrected chi connectivity index (χ3v) is 7.59. The van der Waals surface area contributed by atoms with Crippen LogP contribution in [-0.4, -0.2) is 50.4 Å². The van der Waals surface area contributed by atoms with Gasteiger partial charge in [0.1, 0.15) is 0 Å². The molecule has 166 valence electrons. The van der Waals surface area contributed by atoms with E-state index in [2.05, 4.69) is 41.9 Å². The topological polar surface area (TPSA) is 70.6 Å². The summed E-state index contributed by atoms with van der Waals surface area (Å²) in [4.78, 5) is 21.2. The minimum atomic E-state index is -3.77. The Morgan fingerprint density at radius 3 is 2.25 bits per heavy atom. The number of nitrogens with zero attached hydrogens (tertiary/aromatic N) is 3. The van der Waals surface area contributed by atoms with Gasteiger partial charge in [-0.15, -0.1) is 0 Å². The number of aromatic nitrogens is 1. The van der Waals surface area contributed by atoms with E-state index < -0.39 is 9.84 Å². The van der Waals surface area contributed by atoms with Gasteiger partial charge in [0.25, 0.3) is 5.91 Å². The van der Waals surface area contributed by atoms with Crippen LogP contribution in [0.25, 0.3) is 0 Å². The fourth-order valence-corrected chi connectivity index (χ4v) is 5.09. The number of aryl methyl sites for hydroxylation is 2. The van der Waals surface area contributed by atoms with Crippen LogP contribution in [0, 0.1) is 13.8 Å². The molecule has 1 saturated heterocycles. The van der Waals surface area contributed by atoms with Crippen molar-refractivity contribution in [3.8, 4) is 0 Å². The monoisotopic (exact) mass is 469 g/mol. The second kappa shape index (κ2) is 8.92. The van der Waals surface area contributed by atoms with Crippen molar-refractivity contribution >= 4 is 33.0 Å². The number of hydrogen-bond acceptors (Lipinski definition) is 5. The molecule has 2 heterocycles. The molecule has 0 saturated carbocycles. The summed E-state index contributed by atoms with van der Waals surface area (Å²) in [5.41, 5.74) is 4.01. The molecule has 8 heteroatoms. The molecule has 0 spiro atoms. The van der Waals surface area contributed by atoms with Crippen molar-refractivity contribution in [2.45, 2.75) is 23.8 Å². The van der Waals surface area contributed by atoms with Crippen LogP contribution >= 0.6 is 11.6 Å². The van der Waals surface area contributed by atoms with E-state index >= 15 is 0 Å². The van der Waals surface area contributed by atoms with E-state index in [4.69, 9.17) is 11.6 Å². The van der Waals surface area contributed by atoms with Gasteiger partial charge < -0.3 is 9.80 Å². The first-order chi connectivity index (χ1) is 15.3. The van der Waals surface area contributed by atoms with Gasteiger partial charge in [-0.25, -0.2) is 13.4 Å². The molecular weight excluding hydrogens is 446 g/mol. The highest BCUT2D eigenvalue weighted by molar-refractivity contribution is 7.91. The molecule has 0 unspecified atom stereocenters. The zero-order valence-electron chi connectivity index (χ0n) is 18.0. The Labute approximate surface area is 193 Å². The number of carbonyl (C=O) groups excluding carboxylic acids is 1. The van der Waals surface area contributed by atoms with Crippen LogP contribution in [-0.2, 0) is 9.84 Å². The molecular formula is C24H24ClN3O3S. The summed E-state index contributed by atoms with van der Waals surface area (Å²) in [6.07, 6.45) is 1.34. The molecule has 32 heavy (non-hydrogen) atoms. The lowest BCUT2D eigenvalue weighted by atomic mass is 10.1. The normalized spacial score (nSPS) is 14.5. The van der Waals surface area contributed by atoms with Gasteiger partial charge in [-0.2, -0.15) is 0 Å². The smallest absolute Gasteiger partial charge is 0.255 e. The molecule has 0 bridgehead atoms. The van der Waals surface area contributed by atoms with Crippen molar-refractivity contribution in [3.63, 3.8) is 0 Å². The molecule has 4 rings (SSSR count). The van der Waals surface area contributed by atoms with Crippen molar-refractivity contribution in [2.75, 3.05) is 31.1 Å². The van der Waals surface area contributed by atoms with E-state index in [-0.39, 0.29) is 15.8 Å². The Kier molecular flexibility index (Phi) is 6.22. The van der Waals surface area contributed by atoms with Crippen LogP contribution in [0.4, 0.5) is 5.69 Å². The predicted octanol–water partition coefficient (Wildman–Crippen LogP) is 4.15. The third kappa shape index (κ3) is 4.49. The first kappa shape index (κ1) is 22.3. The quantitative estimate of drug-likeness (QED) is 0.574. The standard InChI is InChI=1S/C24H24ClN3O3S/c1-17-3-4-18(2)22(15-17)27-11-13-28(14-12-27)24(29)19-5-10-23(26-16-19)32(30,31)21-8-6-20(25)7-9-21/h3-10,15-16H,11-14H2,1-2H3. The summed E-state index contributed by atoms with van der Waals surface area (Å²) in [5.74, 6) is -0.145. The highest BCUT2D eigenvalue weighted by Gasteiger charge is 2.25. The molecule has 1 aliphatic heterocycles.